The molecule has 2 aromatic rings. The summed E-state index contributed by atoms with van der Waals surface area (Å²) in [6.45, 7) is 0. The molecule has 0 aliphatic heterocycles. The van der Waals surface area contributed by atoms with Crippen molar-refractivity contribution in [3.8, 4) is 5.75 Å². The van der Waals surface area contributed by atoms with Gasteiger partial charge in [-0.15, -0.1) is 0 Å². The van der Waals surface area contributed by atoms with E-state index in [9.17, 15) is 8.42 Å². The standard InChI is InChI=1S/C12H10O3S.Ca.2H/c13-16(14,12-9-5-2-6-10-12)15-11-7-3-1-4-8-11;;;/h1-10H;;;. The first-order chi connectivity index (χ1) is 7.68. The van der Waals surface area contributed by atoms with Gasteiger partial charge >= 0.3 is 47.9 Å². The van der Waals surface area contributed by atoms with E-state index in [1.54, 1.807) is 48.5 Å². The summed E-state index contributed by atoms with van der Waals surface area (Å²) in [6.07, 6.45) is 0. The molecule has 0 aliphatic carbocycles. The van der Waals surface area contributed by atoms with Crippen LogP contribution in [-0.2, 0) is 10.1 Å². The summed E-state index contributed by atoms with van der Waals surface area (Å²) >= 11 is 0. The van der Waals surface area contributed by atoms with Crippen molar-refractivity contribution in [1.29, 1.82) is 0 Å². The van der Waals surface area contributed by atoms with Crippen LogP contribution in [0.4, 0.5) is 0 Å². The molecule has 0 saturated carbocycles. The fourth-order valence-corrected chi connectivity index (χ4v) is 2.19. The quantitative estimate of drug-likeness (QED) is 0.631. The molecule has 0 aliphatic rings. The Morgan fingerprint density at radius 2 is 1.24 bits per heavy atom. The van der Waals surface area contributed by atoms with Crippen LogP contribution in [0.25, 0.3) is 0 Å². The molecule has 0 unspecified atom stereocenters. The van der Waals surface area contributed by atoms with Crippen molar-refractivity contribution in [3.63, 3.8) is 0 Å². The normalized spacial score (nSPS) is 10.4. The van der Waals surface area contributed by atoms with Crippen LogP contribution < -0.4 is 4.18 Å². The Morgan fingerprint density at radius 1 is 0.765 bits per heavy atom. The van der Waals surface area contributed by atoms with Gasteiger partial charge < -0.3 is 4.18 Å². The predicted octanol–water partition coefficient (Wildman–Crippen LogP) is 1.54. The summed E-state index contributed by atoms with van der Waals surface area (Å²) in [7, 11) is -3.71. The summed E-state index contributed by atoms with van der Waals surface area (Å²) < 4.78 is 28.5. The topological polar surface area (TPSA) is 43.4 Å². The molecule has 0 amide bonds. The molecule has 0 atom stereocenters. The second kappa shape index (κ2) is 6.40. The van der Waals surface area contributed by atoms with Crippen molar-refractivity contribution in [3.05, 3.63) is 60.7 Å². The molecule has 0 spiro atoms. The van der Waals surface area contributed by atoms with Crippen LogP contribution in [-0.4, -0.2) is 46.2 Å². The third kappa shape index (κ3) is 3.99. The zero-order chi connectivity index (χ0) is 11.4. The minimum absolute atomic E-state index is 0. The average molecular weight is 276 g/mol. The van der Waals surface area contributed by atoms with Gasteiger partial charge in [0.25, 0.3) is 0 Å². The Kier molecular flexibility index (Phi) is 5.46. The van der Waals surface area contributed by atoms with Gasteiger partial charge in [-0.05, 0) is 24.3 Å². The van der Waals surface area contributed by atoms with Crippen molar-refractivity contribution in [2.45, 2.75) is 4.90 Å². The van der Waals surface area contributed by atoms with Crippen molar-refractivity contribution >= 4 is 47.9 Å². The van der Waals surface area contributed by atoms with E-state index in [1.807, 2.05) is 0 Å². The van der Waals surface area contributed by atoms with Crippen LogP contribution >= 0.6 is 0 Å². The molecule has 86 valence electrons. The predicted molar refractivity (Wildman–Crippen MR) is 69.2 cm³/mol. The minimum atomic E-state index is -3.71. The number of para-hydroxylation sites is 1. The van der Waals surface area contributed by atoms with Gasteiger partial charge in [-0.1, -0.05) is 36.4 Å². The Hall–Kier alpha value is -0.550. The molecule has 0 bridgehead atoms. The molecule has 0 radical (unpaired) electrons. The van der Waals surface area contributed by atoms with Crippen molar-refractivity contribution in [2.75, 3.05) is 0 Å². The summed E-state index contributed by atoms with van der Waals surface area (Å²) in [5, 5.41) is 0. The fourth-order valence-electron chi connectivity index (χ4n) is 1.24. The van der Waals surface area contributed by atoms with E-state index < -0.39 is 10.1 Å². The van der Waals surface area contributed by atoms with Gasteiger partial charge in [0.05, 0.1) is 0 Å². The van der Waals surface area contributed by atoms with Crippen LogP contribution in [0.1, 0.15) is 0 Å². The van der Waals surface area contributed by atoms with Gasteiger partial charge in [0.15, 0.2) is 0 Å². The van der Waals surface area contributed by atoms with E-state index >= 15 is 0 Å². The Balaban J connectivity index is 0.00000144. The van der Waals surface area contributed by atoms with Gasteiger partial charge in [0, 0.05) is 0 Å². The van der Waals surface area contributed by atoms with Crippen molar-refractivity contribution < 1.29 is 12.6 Å². The van der Waals surface area contributed by atoms with E-state index in [2.05, 4.69) is 0 Å². The third-order valence-electron chi connectivity index (χ3n) is 1.98. The van der Waals surface area contributed by atoms with Crippen LogP contribution in [0.5, 0.6) is 5.75 Å². The molecule has 17 heavy (non-hydrogen) atoms. The maximum atomic E-state index is 11.8. The molecule has 5 heteroatoms. The average Bonchev–Trinajstić information content (AvgIpc) is 2.31. The van der Waals surface area contributed by atoms with Crippen molar-refractivity contribution in [2.24, 2.45) is 0 Å². The second-order valence-electron chi connectivity index (χ2n) is 3.16. The molecular formula is C12H12CaO3S. The number of hydrogen-bond donors (Lipinski definition) is 0. The number of hydrogen-bond acceptors (Lipinski definition) is 3. The van der Waals surface area contributed by atoms with E-state index in [0.29, 0.717) is 5.75 Å². The zero-order valence-electron chi connectivity index (χ0n) is 8.41. The molecule has 0 heterocycles. The molecule has 0 fully saturated rings. The molecule has 0 N–H and O–H groups in total. The van der Waals surface area contributed by atoms with Gasteiger partial charge in [0.1, 0.15) is 10.6 Å². The van der Waals surface area contributed by atoms with Crippen LogP contribution in [0, 0.1) is 0 Å². The summed E-state index contributed by atoms with van der Waals surface area (Å²) in [4.78, 5) is 0.152. The van der Waals surface area contributed by atoms with Gasteiger partial charge in [-0.25, -0.2) is 0 Å². The van der Waals surface area contributed by atoms with Gasteiger partial charge in [-0.2, -0.15) is 8.42 Å². The molecule has 2 rings (SSSR count). The molecule has 0 aromatic heterocycles. The Labute approximate surface area is 131 Å². The zero-order valence-corrected chi connectivity index (χ0v) is 9.22. The fraction of sp³-hybridized carbons (Fsp3) is 0. The molecule has 3 nitrogen and oxygen atoms in total. The maximum absolute atomic E-state index is 11.8. The van der Waals surface area contributed by atoms with Crippen LogP contribution in [0.3, 0.4) is 0 Å². The Bertz CT molecular complexity index is 553. The van der Waals surface area contributed by atoms with E-state index in [0.717, 1.165) is 0 Å². The SMILES string of the molecule is O=S(=O)(Oc1ccccc1)c1ccccc1.[CaH2]. The molecular weight excluding hydrogens is 264 g/mol. The summed E-state index contributed by atoms with van der Waals surface area (Å²) in [6, 6.07) is 16.5. The van der Waals surface area contributed by atoms with Gasteiger partial charge in [0.2, 0.25) is 0 Å². The molecule has 0 saturated heterocycles. The van der Waals surface area contributed by atoms with E-state index in [1.165, 1.54) is 12.1 Å². The first-order valence-electron chi connectivity index (χ1n) is 4.73. The van der Waals surface area contributed by atoms with E-state index in [4.69, 9.17) is 4.18 Å². The number of benzene rings is 2. The first-order valence-corrected chi connectivity index (χ1v) is 6.14. The molecule has 2 aromatic carbocycles. The van der Waals surface area contributed by atoms with Crippen molar-refractivity contribution in [1.82, 2.24) is 0 Å². The third-order valence-corrected chi connectivity index (χ3v) is 3.24. The van der Waals surface area contributed by atoms with Gasteiger partial charge in [-0.3, -0.25) is 0 Å². The monoisotopic (exact) mass is 276 g/mol. The second-order valence-corrected chi connectivity index (χ2v) is 4.71. The van der Waals surface area contributed by atoms with E-state index in [-0.39, 0.29) is 42.6 Å². The summed E-state index contributed by atoms with van der Waals surface area (Å²) in [5.41, 5.74) is 0. The number of rotatable bonds is 3. The summed E-state index contributed by atoms with van der Waals surface area (Å²) in [5.74, 6) is 0.311. The van der Waals surface area contributed by atoms with Crippen LogP contribution in [0.15, 0.2) is 65.6 Å². The Morgan fingerprint density at radius 3 is 1.76 bits per heavy atom. The van der Waals surface area contributed by atoms with Crippen LogP contribution in [0.2, 0.25) is 0 Å². The first kappa shape index (κ1) is 14.5.